The van der Waals surface area contributed by atoms with Crippen molar-refractivity contribution in [2.45, 2.75) is 31.6 Å². The van der Waals surface area contributed by atoms with Gasteiger partial charge in [-0.15, -0.1) is 0 Å². The SMILES string of the molecule is CC(C)(C)c1ccc(N2c3cc4c(oc5ccccc54)c(-c4cccc5c4Nc4ccccc4C5(c4ccccc4)c4ccccc4)c3Bc3oc4ccccc4c32)c(-c2ccccc2)c1. The van der Waals surface area contributed by atoms with Crippen molar-refractivity contribution in [1.82, 2.24) is 0 Å². The van der Waals surface area contributed by atoms with Gasteiger partial charge in [0.25, 0.3) is 0 Å². The molecule has 0 aliphatic carbocycles. The molecule has 0 amide bonds. The number of furan rings is 2. The van der Waals surface area contributed by atoms with Gasteiger partial charge in [0.05, 0.1) is 28.1 Å². The van der Waals surface area contributed by atoms with Crippen LogP contribution in [0.2, 0.25) is 0 Å². The Balaban J connectivity index is 1.17. The standard InChI is InChI=1S/C61H45BN2O2/c1-60(2,3)41-34-35-50(45(36-41)38-20-7-4-8-21-38)64-51-37-46-42-26-13-17-32-52(42)65-58(46)54(55(51)62-59-57(64)43-27-14-18-33-53(43)66-59)44-28-19-30-48-56(44)63-49-31-16-15-29-47(49)61(48,39-22-9-5-10-23-39)40-24-11-6-12-25-40/h4-37,62-63H,1-3H3. The van der Waals surface area contributed by atoms with Gasteiger partial charge in [0.15, 0.2) is 0 Å². The predicted molar refractivity (Wildman–Crippen MR) is 276 cm³/mol. The molecule has 66 heavy (non-hydrogen) atoms. The number of anilines is 5. The van der Waals surface area contributed by atoms with E-state index in [0.717, 1.165) is 94.7 Å². The first-order valence-corrected chi connectivity index (χ1v) is 23.0. The Morgan fingerprint density at radius 3 is 1.86 bits per heavy atom. The predicted octanol–water partition coefficient (Wildman–Crippen LogP) is 14.6. The van der Waals surface area contributed by atoms with E-state index in [0.29, 0.717) is 7.28 Å². The first kappa shape index (κ1) is 38.4. The third-order valence-electron chi connectivity index (χ3n) is 14.1. The molecule has 2 aliphatic heterocycles. The van der Waals surface area contributed by atoms with Crippen LogP contribution in [0, 0.1) is 0 Å². The van der Waals surface area contributed by atoms with Crippen molar-refractivity contribution >= 4 is 79.7 Å². The molecule has 2 aromatic heterocycles. The minimum Gasteiger partial charge on any atom is -0.469 e. The molecule has 11 aromatic rings. The lowest BCUT2D eigenvalue weighted by Gasteiger charge is -2.43. The Bertz CT molecular complexity index is 3660. The quantitative estimate of drug-likeness (QED) is 0.175. The summed E-state index contributed by atoms with van der Waals surface area (Å²) in [5.74, 6) is 0. The monoisotopic (exact) mass is 848 g/mol. The van der Waals surface area contributed by atoms with Crippen LogP contribution in [-0.2, 0) is 10.8 Å². The van der Waals surface area contributed by atoms with Crippen molar-refractivity contribution in [2.75, 3.05) is 10.2 Å². The van der Waals surface area contributed by atoms with E-state index in [1.807, 2.05) is 0 Å². The van der Waals surface area contributed by atoms with Crippen molar-refractivity contribution in [2.24, 2.45) is 0 Å². The van der Waals surface area contributed by atoms with Crippen LogP contribution in [-0.4, -0.2) is 7.28 Å². The first-order chi connectivity index (χ1) is 32.4. The molecule has 0 saturated carbocycles. The molecule has 5 heteroatoms. The van der Waals surface area contributed by atoms with Crippen LogP contribution in [0.3, 0.4) is 0 Å². The molecule has 4 heterocycles. The number of fused-ring (bicyclic) bond motifs is 9. The zero-order valence-electron chi connectivity index (χ0n) is 37.1. The fourth-order valence-corrected chi connectivity index (χ4v) is 11.1. The van der Waals surface area contributed by atoms with Crippen LogP contribution in [0.15, 0.2) is 215 Å². The number of benzene rings is 9. The number of rotatable bonds is 5. The fraction of sp³-hybridized carbons (Fsp3) is 0.0820. The van der Waals surface area contributed by atoms with Crippen molar-refractivity contribution in [3.05, 3.63) is 234 Å². The Labute approximate surface area is 385 Å². The van der Waals surface area contributed by atoms with Crippen molar-refractivity contribution in [3.63, 3.8) is 0 Å². The first-order valence-electron chi connectivity index (χ1n) is 23.0. The molecule has 0 spiro atoms. The van der Waals surface area contributed by atoms with Gasteiger partial charge < -0.3 is 19.1 Å². The molecule has 0 fully saturated rings. The van der Waals surface area contributed by atoms with E-state index >= 15 is 0 Å². The molecule has 314 valence electrons. The lowest BCUT2D eigenvalue weighted by atomic mass is 9.60. The van der Waals surface area contributed by atoms with Crippen molar-refractivity contribution in [1.29, 1.82) is 0 Å². The van der Waals surface area contributed by atoms with Crippen LogP contribution in [0.5, 0.6) is 0 Å². The maximum absolute atomic E-state index is 7.14. The van der Waals surface area contributed by atoms with Gasteiger partial charge in [0.1, 0.15) is 16.7 Å². The van der Waals surface area contributed by atoms with E-state index in [9.17, 15) is 0 Å². The Hall–Kier alpha value is -8.02. The average Bonchev–Trinajstić information content (AvgIpc) is 3.92. The molecule has 0 unspecified atom stereocenters. The van der Waals surface area contributed by atoms with Crippen LogP contribution in [0.4, 0.5) is 28.4 Å². The summed E-state index contributed by atoms with van der Waals surface area (Å²) in [4.78, 5) is 2.50. The largest absolute Gasteiger partial charge is 0.469 e. The van der Waals surface area contributed by atoms with Crippen molar-refractivity contribution < 1.29 is 8.83 Å². The highest BCUT2D eigenvalue weighted by Gasteiger charge is 2.45. The molecular weight excluding hydrogens is 803 g/mol. The Morgan fingerprint density at radius 2 is 1.14 bits per heavy atom. The summed E-state index contributed by atoms with van der Waals surface area (Å²) in [5.41, 5.74) is 19.9. The molecular formula is C61H45BN2O2. The highest BCUT2D eigenvalue weighted by atomic mass is 16.3. The molecule has 1 N–H and O–H groups in total. The lowest BCUT2D eigenvalue weighted by molar-refractivity contribution is 0.590. The fourth-order valence-electron chi connectivity index (χ4n) is 11.1. The molecule has 0 saturated heterocycles. The summed E-state index contributed by atoms with van der Waals surface area (Å²) in [5, 5.41) is 7.30. The highest BCUT2D eigenvalue weighted by Crippen LogP contribution is 2.57. The Morgan fingerprint density at radius 1 is 0.515 bits per heavy atom. The average molecular weight is 849 g/mol. The van der Waals surface area contributed by atoms with Crippen LogP contribution < -0.4 is 21.3 Å². The summed E-state index contributed by atoms with van der Waals surface area (Å²) in [6, 6.07) is 74.9. The topological polar surface area (TPSA) is 41.6 Å². The van der Waals surface area contributed by atoms with E-state index in [-0.39, 0.29) is 5.41 Å². The van der Waals surface area contributed by atoms with Gasteiger partial charge >= 0.3 is 0 Å². The van der Waals surface area contributed by atoms with Gasteiger partial charge in [-0.2, -0.15) is 0 Å². The van der Waals surface area contributed by atoms with Crippen LogP contribution in [0.25, 0.3) is 55.2 Å². The normalized spacial score (nSPS) is 13.7. The molecule has 0 bridgehead atoms. The third-order valence-corrected chi connectivity index (χ3v) is 14.1. The number of para-hydroxylation sites is 4. The maximum Gasteiger partial charge on any atom is 0.245 e. The van der Waals surface area contributed by atoms with Gasteiger partial charge in [-0.3, -0.25) is 0 Å². The summed E-state index contributed by atoms with van der Waals surface area (Å²) >= 11 is 0. The highest BCUT2D eigenvalue weighted by molar-refractivity contribution is 6.73. The number of nitrogens with one attached hydrogen (secondary N) is 1. The zero-order chi connectivity index (χ0) is 44.1. The van der Waals surface area contributed by atoms with Crippen LogP contribution in [0.1, 0.15) is 48.6 Å². The minimum absolute atomic E-state index is 0.0584. The third kappa shape index (κ3) is 5.59. The molecule has 2 aliphatic rings. The van der Waals surface area contributed by atoms with Gasteiger partial charge in [-0.1, -0.05) is 185 Å². The summed E-state index contributed by atoms with van der Waals surface area (Å²) in [6.07, 6.45) is 0. The Kier molecular flexibility index (Phi) is 8.45. The van der Waals surface area contributed by atoms with E-state index in [1.54, 1.807) is 0 Å². The zero-order valence-corrected chi connectivity index (χ0v) is 37.1. The number of hydrogen-bond donors (Lipinski definition) is 1. The summed E-state index contributed by atoms with van der Waals surface area (Å²) in [6.45, 7) is 6.87. The second-order valence-electron chi connectivity index (χ2n) is 18.8. The smallest absolute Gasteiger partial charge is 0.245 e. The number of nitrogens with zero attached hydrogens (tertiary/aromatic N) is 1. The molecule has 0 atom stereocenters. The van der Waals surface area contributed by atoms with Gasteiger partial charge in [0, 0.05) is 44.2 Å². The second-order valence-corrected chi connectivity index (χ2v) is 18.8. The minimum atomic E-state index is -0.630. The van der Waals surface area contributed by atoms with Gasteiger partial charge in [0.2, 0.25) is 7.28 Å². The van der Waals surface area contributed by atoms with E-state index < -0.39 is 5.41 Å². The van der Waals surface area contributed by atoms with Crippen LogP contribution >= 0.6 is 0 Å². The van der Waals surface area contributed by atoms with E-state index in [1.165, 1.54) is 27.8 Å². The second kappa shape index (κ2) is 14.5. The number of hydrogen-bond acceptors (Lipinski definition) is 4. The van der Waals surface area contributed by atoms with E-state index in [2.05, 4.69) is 237 Å². The van der Waals surface area contributed by atoms with Gasteiger partial charge in [-0.25, -0.2) is 0 Å². The lowest BCUT2D eigenvalue weighted by Crippen LogP contribution is -2.40. The molecule has 0 radical (unpaired) electrons. The molecule has 13 rings (SSSR count). The van der Waals surface area contributed by atoms with Crippen molar-refractivity contribution in [3.8, 4) is 22.3 Å². The summed E-state index contributed by atoms with van der Waals surface area (Å²) < 4.78 is 14.1. The maximum atomic E-state index is 7.14. The molecule has 9 aromatic carbocycles. The summed E-state index contributed by atoms with van der Waals surface area (Å²) in [7, 11) is 0.571. The molecule has 4 nitrogen and oxygen atoms in total. The van der Waals surface area contributed by atoms with Gasteiger partial charge in [-0.05, 0) is 86.7 Å². The van der Waals surface area contributed by atoms with E-state index in [4.69, 9.17) is 8.83 Å².